The zero-order chi connectivity index (χ0) is 13.4. The minimum absolute atomic E-state index is 0.183. The third-order valence-electron chi connectivity index (χ3n) is 2.49. The van der Waals surface area contributed by atoms with E-state index in [0.29, 0.717) is 5.56 Å². The van der Waals surface area contributed by atoms with Crippen molar-refractivity contribution in [3.63, 3.8) is 0 Å². The highest BCUT2D eigenvalue weighted by Gasteiger charge is 2.26. The van der Waals surface area contributed by atoms with Gasteiger partial charge >= 0.3 is 5.97 Å². The lowest BCUT2D eigenvalue weighted by molar-refractivity contribution is -0.149. The number of rotatable bonds is 6. The van der Waals surface area contributed by atoms with Crippen LogP contribution in [0.15, 0.2) is 42.5 Å². The van der Waals surface area contributed by atoms with Crippen LogP contribution in [-0.2, 0) is 9.53 Å². The van der Waals surface area contributed by atoms with E-state index in [2.05, 4.69) is 0 Å². The molecule has 4 heteroatoms. The quantitative estimate of drug-likeness (QED) is 0.592. The highest BCUT2D eigenvalue weighted by Crippen LogP contribution is 2.24. The summed E-state index contributed by atoms with van der Waals surface area (Å²) in [5.74, 6) is -1.31. The Morgan fingerprint density at radius 2 is 2.06 bits per heavy atom. The summed E-state index contributed by atoms with van der Waals surface area (Å²) in [6.07, 6.45) is 1.91. The van der Waals surface area contributed by atoms with E-state index >= 15 is 0 Å². The Hall–Kier alpha value is -1.65. The molecule has 0 saturated heterocycles. The first-order valence-corrected chi connectivity index (χ1v) is 5.87. The summed E-state index contributed by atoms with van der Waals surface area (Å²) in [7, 11) is 0. The van der Waals surface area contributed by atoms with Gasteiger partial charge in [-0.15, -0.1) is 0 Å². The SMILES string of the molecule is CCOC(=O)[C@H](/C=C/CO)[C@@H](O)c1ccccc1. The van der Waals surface area contributed by atoms with Crippen molar-refractivity contribution in [2.45, 2.75) is 13.0 Å². The van der Waals surface area contributed by atoms with Gasteiger partial charge in [-0.2, -0.15) is 0 Å². The number of carbonyl (C=O) groups excluding carboxylic acids is 1. The molecule has 4 nitrogen and oxygen atoms in total. The van der Waals surface area contributed by atoms with Crippen molar-refractivity contribution < 1.29 is 19.7 Å². The molecule has 0 aliphatic heterocycles. The molecule has 18 heavy (non-hydrogen) atoms. The Kier molecular flexibility index (Phi) is 6.11. The lowest BCUT2D eigenvalue weighted by atomic mass is 9.95. The minimum atomic E-state index is -0.979. The molecule has 0 unspecified atom stereocenters. The van der Waals surface area contributed by atoms with Crippen LogP contribution in [0.3, 0.4) is 0 Å². The van der Waals surface area contributed by atoms with Gasteiger partial charge in [0.15, 0.2) is 0 Å². The molecular formula is C14H18O4. The number of esters is 1. The van der Waals surface area contributed by atoms with Gasteiger partial charge in [0.2, 0.25) is 0 Å². The first-order chi connectivity index (χ1) is 8.70. The average molecular weight is 250 g/mol. The summed E-state index contributed by atoms with van der Waals surface area (Å²) in [6, 6.07) is 8.89. The Bertz CT molecular complexity index is 386. The lowest BCUT2D eigenvalue weighted by Gasteiger charge is -2.18. The molecule has 0 spiro atoms. The highest BCUT2D eigenvalue weighted by atomic mass is 16.5. The van der Waals surface area contributed by atoms with Gasteiger partial charge in [0.25, 0.3) is 0 Å². The number of aliphatic hydroxyl groups excluding tert-OH is 2. The number of carbonyl (C=O) groups is 1. The van der Waals surface area contributed by atoms with Crippen molar-refractivity contribution in [1.29, 1.82) is 0 Å². The number of hydrogen-bond acceptors (Lipinski definition) is 4. The zero-order valence-corrected chi connectivity index (χ0v) is 10.3. The summed E-state index contributed by atoms with van der Waals surface area (Å²) in [6.45, 7) is 1.78. The Morgan fingerprint density at radius 3 is 2.61 bits per heavy atom. The van der Waals surface area contributed by atoms with Crippen LogP contribution in [-0.4, -0.2) is 29.4 Å². The number of aliphatic hydroxyl groups is 2. The standard InChI is InChI=1S/C14H18O4/c1-2-18-14(17)12(9-6-10-15)13(16)11-7-4-3-5-8-11/h3-9,12-13,15-16H,2,10H2,1H3/b9-6+/t12-,13+/m1/s1. The van der Waals surface area contributed by atoms with Crippen molar-refractivity contribution in [2.24, 2.45) is 5.92 Å². The Labute approximate surface area is 107 Å². The summed E-state index contributed by atoms with van der Waals surface area (Å²) in [5, 5.41) is 18.9. The van der Waals surface area contributed by atoms with Gasteiger partial charge in [0.1, 0.15) is 5.92 Å². The fourth-order valence-electron chi connectivity index (χ4n) is 1.62. The molecule has 1 rings (SSSR count). The maximum absolute atomic E-state index is 11.7. The van der Waals surface area contributed by atoms with Crippen LogP contribution in [0.4, 0.5) is 0 Å². The van der Waals surface area contributed by atoms with Crippen LogP contribution >= 0.6 is 0 Å². The zero-order valence-electron chi connectivity index (χ0n) is 10.3. The van der Waals surface area contributed by atoms with E-state index < -0.39 is 18.0 Å². The molecule has 0 bridgehead atoms. The summed E-state index contributed by atoms with van der Waals surface area (Å²) in [5.41, 5.74) is 0.637. The van der Waals surface area contributed by atoms with E-state index in [1.165, 1.54) is 12.2 Å². The average Bonchev–Trinajstić information content (AvgIpc) is 2.40. The van der Waals surface area contributed by atoms with Crippen molar-refractivity contribution in [3.8, 4) is 0 Å². The molecule has 0 heterocycles. The predicted octanol–water partition coefficient (Wildman–Crippen LogP) is 1.45. The predicted molar refractivity (Wildman–Crippen MR) is 67.8 cm³/mol. The maximum atomic E-state index is 11.7. The molecule has 1 aromatic rings. The van der Waals surface area contributed by atoms with Crippen LogP contribution in [0, 0.1) is 5.92 Å². The van der Waals surface area contributed by atoms with Gasteiger partial charge in [-0.1, -0.05) is 42.5 Å². The van der Waals surface area contributed by atoms with E-state index in [0.717, 1.165) is 0 Å². The molecule has 0 radical (unpaired) electrons. The van der Waals surface area contributed by atoms with Crippen molar-refractivity contribution in [2.75, 3.05) is 13.2 Å². The number of ether oxygens (including phenoxy) is 1. The van der Waals surface area contributed by atoms with Crippen molar-refractivity contribution in [3.05, 3.63) is 48.0 Å². The molecule has 0 fully saturated rings. The normalized spacial score (nSPS) is 14.4. The third-order valence-corrected chi connectivity index (χ3v) is 2.49. The Morgan fingerprint density at radius 1 is 1.39 bits per heavy atom. The van der Waals surface area contributed by atoms with Gasteiger partial charge in [-0.25, -0.2) is 0 Å². The number of hydrogen-bond donors (Lipinski definition) is 2. The smallest absolute Gasteiger partial charge is 0.315 e. The first kappa shape index (κ1) is 14.4. The van der Waals surface area contributed by atoms with Gasteiger partial charge < -0.3 is 14.9 Å². The van der Waals surface area contributed by atoms with E-state index in [4.69, 9.17) is 9.84 Å². The Balaban J connectivity index is 2.88. The van der Waals surface area contributed by atoms with Crippen LogP contribution in [0.25, 0.3) is 0 Å². The highest BCUT2D eigenvalue weighted by molar-refractivity contribution is 5.75. The van der Waals surface area contributed by atoms with E-state index in [9.17, 15) is 9.90 Å². The molecule has 0 amide bonds. The van der Waals surface area contributed by atoms with Crippen LogP contribution in [0.5, 0.6) is 0 Å². The lowest BCUT2D eigenvalue weighted by Crippen LogP contribution is -2.23. The minimum Gasteiger partial charge on any atom is -0.465 e. The van der Waals surface area contributed by atoms with Crippen molar-refractivity contribution >= 4 is 5.97 Å². The second-order valence-electron chi connectivity index (χ2n) is 3.74. The van der Waals surface area contributed by atoms with Crippen LogP contribution < -0.4 is 0 Å². The molecule has 0 aliphatic carbocycles. The van der Waals surface area contributed by atoms with Gasteiger partial charge in [0.05, 0.1) is 19.3 Å². The monoisotopic (exact) mass is 250 g/mol. The maximum Gasteiger partial charge on any atom is 0.315 e. The molecule has 2 N–H and O–H groups in total. The van der Waals surface area contributed by atoms with Crippen molar-refractivity contribution in [1.82, 2.24) is 0 Å². The van der Waals surface area contributed by atoms with E-state index in [1.54, 1.807) is 31.2 Å². The van der Waals surface area contributed by atoms with Crippen LogP contribution in [0.1, 0.15) is 18.6 Å². The molecule has 2 atom stereocenters. The molecular weight excluding hydrogens is 232 g/mol. The summed E-state index contributed by atoms with van der Waals surface area (Å²) in [4.78, 5) is 11.7. The van der Waals surface area contributed by atoms with Crippen LogP contribution in [0.2, 0.25) is 0 Å². The molecule has 0 aromatic heterocycles. The summed E-state index contributed by atoms with van der Waals surface area (Å²) < 4.78 is 4.91. The second-order valence-corrected chi connectivity index (χ2v) is 3.74. The van der Waals surface area contributed by atoms with Gasteiger partial charge in [-0.05, 0) is 12.5 Å². The molecule has 1 aromatic carbocycles. The fraction of sp³-hybridized carbons (Fsp3) is 0.357. The molecule has 0 saturated carbocycles. The number of benzene rings is 1. The van der Waals surface area contributed by atoms with Gasteiger partial charge in [0, 0.05) is 0 Å². The fourth-order valence-corrected chi connectivity index (χ4v) is 1.62. The topological polar surface area (TPSA) is 66.8 Å². The largest absolute Gasteiger partial charge is 0.465 e. The second kappa shape index (κ2) is 7.63. The van der Waals surface area contributed by atoms with E-state index in [-0.39, 0.29) is 13.2 Å². The van der Waals surface area contributed by atoms with Gasteiger partial charge in [-0.3, -0.25) is 4.79 Å². The first-order valence-electron chi connectivity index (χ1n) is 5.87. The third kappa shape index (κ3) is 3.98. The molecule has 98 valence electrons. The molecule has 0 aliphatic rings. The summed E-state index contributed by atoms with van der Waals surface area (Å²) >= 11 is 0. The van der Waals surface area contributed by atoms with E-state index in [1.807, 2.05) is 6.07 Å².